The largest absolute Gasteiger partial charge is 0.491 e. The number of carbonyl (C=O) groups excluding carboxylic acids is 2. The fourth-order valence-corrected chi connectivity index (χ4v) is 2.94. The number of ether oxygens (including phenoxy) is 1. The second-order valence-corrected chi connectivity index (χ2v) is 7.05. The molecule has 3 rings (SSSR count). The van der Waals surface area contributed by atoms with Crippen LogP contribution in [-0.4, -0.2) is 35.9 Å². The van der Waals surface area contributed by atoms with E-state index >= 15 is 0 Å². The van der Waals surface area contributed by atoms with Gasteiger partial charge in [0.25, 0.3) is 0 Å². The van der Waals surface area contributed by atoms with Gasteiger partial charge in [0.05, 0.1) is 6.54 Å². The monoisotopic (exact) mass is 330 g/mol. The lowest BCUT2D eigenvalue weighted by molar-refractivity contribution is -0.135. The van der Waals surface area contributed by atoms with Crippen molar-refractivity contribution >= 4 is 11.8 Å². The molecule has 2 aliphatic rings. The smallest absolute Gasteiger partial charge is 0.225 e. The molecule has 0 radical (unpaired) electrons. The Balaban J connectivity index is 1.64. The molecule has 0 saturated heterocycles. The maximum atomic E-state index is 12.3. The molecule has 5 nitrogen and oxygen atoms in total. The SMILES string of the molecule is CC(C)C(=O)N1CCOc2ccc(CCC(=O)NC3CC3)cc2C1. The Morgan fingerprint density at radius 3 is 2.83 bits per heavy atom. The molecular weight excluding hydrogens is 304 g/mol. The first-order chi connectivity index (χ1) is 11.5. The first kappa shape index (κ1) is 16.8. The molecule has 0 aromatic heterocycles. The second-order valence-electron chi connectivity index (χ2n) is 7.05. The first-order valence-corrected chi connectivity index (χ1v) is 8.85. The van der Waals surface area contributed by atoms with E-state index in [1.165, 1.54) is 0 Å². The normalized spacial score (nSPS) is 17.0. The van der Waals surface area contributed by atoms with Crippen molar-refractivity contribution in [1.82, 2.24) is 10.2 Å². The van der Waals surface area contributed by atoms with Gasteiger partial charge in [0.1, 0.15) is 12.4 Å². The van der Waals surface area contributed by atoms with E-state index in [1.54, 1.807) is 0 Å². The summed E-state index contributed by atoms with van der Waals surface area (Å²) < 4.78 is 5.78. The minimum atomic E-state index is -0.0131. The molecule has 130 valence electrons. The van der Waals surface area contributed by atoms with Gasteiger partial charge in [-0.25, -0.2) is 0 Å². The van der Waals surface area contributed by atoms with Crippen molar-refractivity contribution in [2.75, 3.05) is 13.2 Å². The summed E-state index contributed by atoms with van der Waals surface area (Å²) >= 11 is 0. The van der Waals surface area contributed by atoms with E-state index in [-0.39, 0.29) is 17.7 Å². The minimum absolute atomic E-state index is 0.0131. The molecule has 24 heavy (non-hydrogen) atoms. The molecule has 1 aliphatic heterocycles. The summed E-state index contributed by atoms with van der Waals surface area (Å²) in [4.78, 5) is 26.0. The molecule has 1 heterocycles. The van der Waals surface area contributed by atoms with Crippen molar-refractivity contribution in [2.24, 2.45) is 5.92 Å². The molecule has 5 heteroatoms. The fourth-order valence-electron chi connectivity index (χ4n) is 2.94. The zero-order valence-electron chi connectivity index (χ0n) is 14.5. The molecule has 0 spiro atoms. The predicted octanol–water partition coefficient (Wildman–Crippen LogP) is 2.27. The van der Waals surface area contributed by atoms with Crippen LogP contribution in [0.3, 0.4) is 0 Å². The highest BCUT2D eigenvalue weighted by Crippen LogP contribution is 2.26. The average Bonchev–Trinajstić information content (AvgIpc) is 3.37. The van der Waals surface area contributed by atoms with Crippen LogP contribution in [0.15, 0.2) is 18.2 Å². The van der Waals surface area contributed by atoms with Crippen LogP contribution in [0, 0.1) is 5.92 Å². The molecule has 0 bridgehead atoms. The van der Waals surface area contributed by atoms with Crippen molar-refractivity contribution < 1.29 is 14.3 Å². The van der Waals surface area contributed by atoms with Gasteiger partial charge in [0, 0.05) is 30.5 Å². The highest BCUT2D eigenvalue weighted by Gasteiger charge is 2.24. The van der Waals surface area contributed by atoms with Crippen molar-refractivity contribution in [3.63, 3.8) is 0 Å². The van der Waals surface area contributed by atoms with Crippen LogP contribution < -0.4 is 10.1 Å². The highest BCUT2D eigenvalue weighted by molar-refractivity contribution is 5.78. The Labute approximate surface area is 143 Å². The van der Waals surface area contributed by atoms with E-state index in [0.717, 1.165) is 29.7 Å². The molecule has 1 aromatic carbocycles. The number of amides is 2. The van der Waals surface area contributed by atoms with Gasteiger partial charge in [-0.05, 0) is 30.9 Å². The number of nitrogens with zero attached hydrogens (tertiary/aromatic N) is 1. The summed E-state index contributed by atoms with van der Waals surface area (Å²) in [7, 11) is 0. The van der Waals surface area contributed by atoms with Gasteiger partial charge in [-0.1, -0.05) is 26.0 Å². The van der Waals surface area contributed by atoms with E-state index in [4.69, 9.17) is 4.74 Å². The third-order valence-corrected chi connectivity index (χ3v) is 4.49. The molecule has 0 atom stereocenters. The molecule has 1 aliphatic carbocycles. The maximum absolute atomic E-state index is 12.3. The highest BCUT2D eigenvalue weighted by atomic mass is 16.5. The van der Waals surface area contributed by atoms with Gasteiger partial charge in [0.15, 0.2) is 0 Å². The van der Waals surface area contributed by atoms with E-state index in [9.17, 15) is 9.59 Å². The lowest BCUT2D eigenvalue weighted by Gasteiger charge is -2.22. The Morgan fingerprint density at radius 1 is 1.33 bits per heavy atom. The topological polar surface area (TPSA) is 58.6 Å². The molecule has 0 unspecified atom stereocenters. The van der Waals surface area contributed by atoms with Crippen molar-refractivity contribution in [2.45, 2.75) is 52.1 Å². The fraction of sp³-hybridized carbons (Fsp3) is 0.579. The number of rotatable bonds is 5. The number of nitrogens with one attached hydrogen (secondary N) is 1. The lowest BCUT2D eigenvalue weighted by atomic mass is 10.0. The molecule has 1 N–H and O–H groups in total. The third-order valence-electron chi connectivity index (χ3n) is 4.49. The number of fused-ring (bicyclic) bond motifs is 1. The summed E-state index contributed by atoms with van der Waals surface area (Å²) in [5, 5.41) is 3.01. The van der Waals surface area contributed by atoms with Crippen LogP contribution in [-0.2, 0) is 22.6 Å². The van der Waals surface area contributed by atoms with E-state index in [0.29, 0.717) is 38.6 Å². The number of hydrogen-bond acceptors (Lipinski definition) is 3. The van der Waals surface area contributed by atoms with E-state index in [1.807, 2.05) is 30.9 Å². The van der Waals surface area contributed by atoms with Gasteiger partial charge in [-0.3, -0.25) is 9.59 Å². The number of benzene rings is 1. The van der Waals surface area contributed by atoms with Gasteiger partial charge < -0.3 is 15.0 Å². The molecule has 1 fully saturated rings. The quantitative estimate of drug-likeness (QED) is 0.901. The van der Waals surface area contributed by atoms with E-state index < -0.39 is 0 Å². The van der Waals surface area contributed by atoms with Crippen LogP contribution >= 0.6 is 0 Å². The van der Waals surface area contributed by atoms with Gasteiger partial charge in [0.2, 0.25) is 11.8 Å². The number of aryl methyl sites for hydroxylation is 1. The van der Waals surface area contributed by atoms with Crippen molar-refractivity contribution in [1.29, 1.82) is 0 Å². The van der Waals surface area contributed by atoms with Crippen LogP contribution in [0.5, 0.6) is 5.75 Å². The summed E-state index contributed by atoms with van der Waals surface area (Å²) in [5.41, 5.74) is 2.14. The minimum Gasteiger partial charge on any atom is -0.491 e. The van der Waals surface area contributed by atoms with Crippen LogP contribution in [0.1, 0.15) is 44.2 Å². The van der Waals surface area contributed by atoms with Crippen LogP contribution in [0.4, 0.5) is 0 Å². The first-order valence-electron chi connectivity index (χ1n) is 8.85. The number of hydrogen-bond donors (Lipinski definition) is 1. The zero-order chi connectivity index (χ0) is 17.1. The second kappa shape index (κ2) is 7.24. The van der Waals surface area contributed by atoms with Crippen LogP contribution in [0.25, 0.3) is 0 Å². The average molecular weight is 330 g/mol. The molecule has 1 saturated carbocycles. The zero-order valence-corrected chi connectivity index (χ0v) is 14.5. The molecule has 2 amide bonds. The van der Waals surface area contributed by atoms with Gasteiger partial charge in [-0.2, -0.15) is 0 Å². The summed E-state index contributed by atoms with van der Waals surface area (Å²) in [5.74, 6) is 1.11. The summed E-state index contributed by atoms with van der Waals surface area (Å²) in [6, 6.07) is 6.47. The third kappa shape index (κ3) is 4.28. The predicted molar refractivity (Wildman–Crippen MR) is 91.7 cm³/mol. The number of carbonyl (C=O) groups is 2. The van der Waals surface area contributed by atoms with Crippen molar-refractivity contribution in [3.8, 4) is 5.75 Å². The van der Waals surface area contributed by atoms with Crippen molar-refractivity contribution in [3.05, 3.63) is 29.3 Å². The Morgan fingerprint density at radius 2 is 2.12 bits per heavy atom. The molecule has 1 aromatic rings. The van der Waals surface area contributed by atoms with E-state index in [2.05, 4.69) is 11.4 Å². The Hall–Kier alpha value is -2.04. The van der Waals surface area contributed by atoms with Gasteiger partial charge in [-0.15, -0.1) is 0 Å². The maximum Gasteiger partial charge on any atom is 0.225 e. The van der Waals surface area contributed by atoms with Gasteiger partial charge >= 0.3 is 0 Å². The summed E-state index contributed by atoms with van der Waals surface area (Å²) in [6.07, 6.45) is 3.44. The lowest BCUT2D eigenvalue weighted by Crippen LogP contribution is -2.35. The Kier molecular flexibility index (Phi) is 5.07. The Bertz CT molecular complexity index is 623. The molecular formula is C19H26N2O3. The standard InChI is InChI=1S/C19H26N2O3/c1-13(2)19(23)21-9-10-24-17-7-3-14(11-15(17)12-21)4-8-18(22)20-16-5-6-16/h3,7,11,13,16H,4-6,8-10,12H2,1-2H3,(H,20,22). The van der Waals surface area contributed by atoms with Crippen LogP contribution in [0.2, 0.25) is 0 Å². The summed E-state index contributed by atoms with van der Waals surface area (Å²) in [6.45, 7) is 5.56.